The Hall–Kier alpha value is -2.04. The number of amides is 1. The highest BCUT2D eigenvalue weighted by Gasteiger charge is 2.32. The van der Waals surface area contributed by atoms with Gasteiger partial charge in [-0.25, -0.2) is 0 Å². The molecule has 4 nitrogen and oxygen atoms in total. The summed E-state index contributed by atoms with van der Waals surface area (Å²) in [5.41, 5.74) is 2.25. The molecule has 0 spiro atoms. The summed E-state index contributed by atoms with van der Waals surface area (Å²) in [4.78, 5) is 14.3. The van der Waals surface area contributed by atoms with E-state index in [-0.39, 0.29) is 11.9 Å². The van der Waals surface area contributed by atoms with Gasteiger partial charge in [-0.2, -0.15) is 0 Å². The zero-order valence-electron chi connectivity index (χ0n) is 15.2. The van der Waals surface area contributed by atoms with Crippen molar-refractivity contribution in [1.29, 1.82) is 0 Å². The van der Waals surface area contributed by atoms with Gasteiger partial charge < -0.3 is 15.0 Å². The Bertz CT molecular complexity index is 744. The number of carbonyl (C=O) groups is 1. The first-order valence-corrected chi connectivity index (χ1v) is 9.30. The van der Waals surface area contributed by atoms with E-state index in [2.05, 4.69) is 5.32 Å². The number of hydrogen-bond acceptors (Lipinski definition) is 3. The van der Waals surface area contributed by atoms with Crippen LogP contribution in [0.25, 0.3) is 0 Å². The van der Waals surface area contributed by atoms with Gasteiger partial charge in [-0.05, 0) is 54.2 Å². The van der Waals surface area contributed by atoms with E-state index in [1.807, 2.05) is 55.6 Å². The van der Waals surface area contributed by atoms with E-state index in [4.69, 9.17) is 16.3 Å². The highest BCUT2D eigenvalue weighted by molar-refractivity contribution is 6.30. The number of rotatable bonds is 8. The summed E-state index contributed by atoms with van der Waals surface area (Å²) in [6, 6.07) is 15.9. The summed E-state index contributed by atoms with van der Waals surface area (Å²) in [6.45, 7) is 0.886. The second-order valence-corrected chi connectivity index (χ2v) is 7.29. The molecule has 138 valence electrons. The van der Waals surface area contributed by atoms with E-state index in [1.165, 1.54) is 18.4 Å². The highest BCUT2D eigenvalue weighted by Crippen LogP contribution is 2.41. The molecule has 1 aliphatic rings. The van der Waals surface area contributed by atoms with Gasteiger partial charge in [0.05, 0.1) is 13.7 Å². The second-order valence-electron chi connectivity index (χ2n) is 6.85. The minimum Gasteiger partial charge on any atom is -0.497 e. The first-order valence-electron chi connectivity index (χ1n) is 8.92. The van der Waals surface area contributed by atoms with Crippen molar-refractivity contribution in [3.63, 3.8) is 0 Å². The van der Waals surface area contributed by atoms with Crippen molar-refractivity contribution in [3.05, 3.63) is 64.7 Å². The maximum absolute atomic E-state index is 12.5. The molecule has 1 N–H and O–H groups in total. The fraction of sp³-hybridized carbons (Fsp3) is 0.381. The molecule has 1 fully saturated rings. The van der Waals surface area contributed by atoms with Crippen LogP contribution in [0, 0.1) is 5.92 Å². The van der Waals surface area contributed by atoms with E-state index in [1.54, 1.807) is 12.0 Å². The topological polar surface area (TPSA) is 41.6 Å². The second kappa shape index (κ2) is 8.56. The van der Waals surface area contributed by atoms with Gasteiger partial charge in [0, 0.05) is 24.7 Å². The third-order valence-electron chi connectivity index (χ3n) is 4.78. The van der Waals surface area contributed by atoms with E-state index < -0.39 is 0 Å². The zero-order valence-corrected chi connectivity index (χ0v) is 16.0. The molecule has 1 unspecified atom stereocenters. The van der Waals surface area contributed by atoms with Crippen LogP contribution in [0.15, 0.2) is 48.5 Å². The average Bonchev–Trinajstić information content (AvgIpc) is 3.48. The van der Waals surface area contributed by atoms with Crippen molar-refractivity contribution >= 4 is 17.5 Å². The normalized spacial score (nSPS) is 14.7. The van der Waals surface area contributed by atoms with Crippen LogP contribution in [0.5, 0.6) is 5.75 Å². The van der Waals surface area contributed by atoms with Crippen molar-refractivity contribution in [1.82, 2.24) is 10.2 Å². The summed E-state index contributed by atoms with van der Waals surface area (Å²) in [7, 11) is 3.48. The minimum atomic E-state index is 0.0763. The van der Waals surface area contributed by atoms with Crippen LogP contribution < -0.4 is 10.1 Å². The predicted octanol–water partition coefficient (Wildman–Crippen LogP) is 4.05. The Morgan fingerprint density at radius 1 is 1.27 bits per heavy atom. The summed E-state index contributed by atoms with van der Waals surface area (Å²) in [5, 5.41) is 4.18. The molecule has 0 aliphatic heterocycles. The number of benzene rings is 2. The smallest absolute Gasteiger partial charge is 0.236 e. The number of carbonyl (C=O) groups excluding carboxylic acids is 1. The fourth-order valence-corrected chi connectivity index (χ4v) is 3.25. The third kappa shape index (κ3) is 4.99. The maximum atomic E-state index is 12.5. The highest BCUT2D eigenvalue weighted by atomic mass is 35.5. The summed E-state index contributed by atoms with van der Waals surface area (Å²) >= 11 is 5.99. The van der Waals surface area contributed by atoms with E-state index in [9.17, 15) is 4.79 Å². The van der Waals surface area contributed by atoms with Crippen LogP contribution >= 0.6 is 11.6 Å². The zero-order chi connectivity index (χ0) is 18.5. The fourth-order valence-electron chi connectivity index (χ4n) is 3.12. The van der Waals surface area contributed by atoms with Crippen molar-refractivity contribution in [3.8, 4) is 5.75 Å². The number of ether oxygens (including phenoxy) is 1. The molecule has 1 aliphatic carbocycles. The van der Waals surface area contributed by atoms with Crippen molar-refractivity contribution in [2.75, 3.05) is 20.7 Å². The third-order valence-corrected chi connectivity index (χ3v) is 5.03. The van der Waals surface area contributed by atoms with E-state index in [0.717, 1.165) is 16.3 Å². The van der Waals surface area contributed by atoms with Gasteiger partial charge in [-0.1, -0.05) is 35.9 Å². The lowest BCUT2D eigenvalue weighted by atomic mass is 10.0. The van der Waals surface area contributed by atoms with Crippen LogP contribution in [0.4, 0.5) is 0 Å². The van der Waals surface area contributed by atoms with Crippen molar-refractivity contribution in [2.45, 2.75) is 25.4 Å². The number of hydrogen-bond donors (Lipinski definition) is 1. The summed E-state index contributed by atoms with van der Waals surface area (Å²) < 4.78 is 5.24. The average molecular weight is 373 g/mol. The molecule has 0 heterocycles. The lowest BCUT2D eigenvalue weighted by Crippen LogP contribution is -2.37. The molecule has 2 aromatic carbocycles. The van der Waals surface area contributed by atoms with Crippen LogP contribution in [0.3, 0.4) is 0 Å². The van der Waals surface area contributed by atoms with Gasteiger partial charge in [-0.3, -0.25) is 4.79 Å². The van der Waals surface area contributed by atoms with Gasteiger partial charge in [0.15, 0.2) is 0 Å². The molecule has 1 atom stereocenters. The Morgan fingerprint density at radius 2 is 2.00 bits per heavy atom. The van der Waals surface area contributed by atoms with E-state index >= 15 is 0 Å². The van der Waals surface area contributed by atoms with Gasteiger partial charge in [0.2, 0.25) is 5.91 Å². The minimum absolute atomic E-state index is 0.0763. The predicted molar refractivity (Wildman–Crippen MR) is 104 cm³/mol. The molecule has 0 aromatic heterocycles. The molecular weight excluding hydrogens is 348 g/mol. The number of halogens is 1. The lowest BCUT2D eigenvalue weighted by molar-refractivity contribution is -0.129. The molecule has 1 amide bonds. The molecule has 0 bridgehead atoms. The molecule has 26 heavy (non-hydrogen) atoms. The number of nitrogens with zero attached hydrogens (tertiary/aromatic N) is 1. The molecule has 0 radical (unpaired) electrons. The lowest BCUT2D eigenvalue weighted by Gasteiger charge is -2.22. The van der Waals surface area contributed by atoms with Gasteiger partial charge >= 0.3 is 0 Å². The van der Waals surface area contributed by atoms with Crippen LogP contribution in [-0.4, -0.2) is 31.5 Å². The van der Waals surface area contributed by atoms with Crippen molar-refractivity contribution in [2.24, 2.45) is 5.92 Å². The SMILES string of the molecule is COc1cccc(CN(C)C(=O)CNC(c2ccc(Cl)cc2)C2CC2)c1. The first-order chi connectivity index (χ1) is 12.6. The molecule has 0 saturated heterocycles. The van der Waals surface area contributed by atoms with Crippen LogP contribution in [0.2, 0.25) is 5.02 Å². The number of nitrogens with one attached hydrogen (secondary N) is 1. The summed E-state index contributed by atoms with van der Waals surface area (Å²) in [5.74, 6) is 1.48. The monoisotopic (exact) mass is 372 g/mol. The van der Waals surface area contributed by atoms with E-state index in [0.29, 0.717) is 19.0 Å². The molecule has 2 aromatic rings. The Balaban J connectivity index is 1.56. The molecule has 1 saturated carbocycles. The van der Waals surface area contributed by atoms with Crippen LogP contribution in [0.1, 0.15) is 30.0 Å². The quantitative estimate of drug-likeness (QED) is 0.760. The largest absolute Gasteiger partial charge is 0.497 e. The Morgan fingerprint density at radius 3 is 2.65 bits per heavy atom. The van der Waals surface area contributed by atoms with Gasteiger partial charge in [0.25, 0.3) is 0 Å². The standard InChI is InChI=1S/C21H25ClN2O2/c1-24(14-15-4-3-5-19(12-15)26-2)20(25)13-23-21(16-6-7-16)17-8-10-18(22)11-9-17/h3-5,8-12,16,21,23H,6-7,13-14H2,1-2H3. The summed E-state index contributed by atoms with van der Waals surface area (Å²) in [6.07, 6.45) is 2.41. The maximum Gasteiger partial charge on any atom is 0.236 e. The Labute approximate surface area is 160 Å². The first kappa shape index (κ1) is 18.7. The van der Waals surface area contributed by atoms with Crippen LogP contribution in [-0.2, 0) is 11.3 Å². The van der Waals surface area contributed by atoms with Gasteiger partial charge in [0.1, 0.15) is 5.75 Å². The number of likely N-dealkylation sites (N-methyl/N-ethyl adjacent to an activating group) is 1. The number of methoxy groups -OCH3 is 1. The molecular formula is C21H25ClN2O2. The van der Waals surface area contributed by atoms with Gasteiger partial charge in [-0.15, -0.1) is 0 Å². The molecule has 3 rings (SSSR count). The Kier molecular flexibility index (Phi) is 6.17. The molecule has 5 heteroatoms. The van der Waals surface area contributed by atoms with Crippen molar-refractivity contribution < 1.29 is 9.53 Å².